The Bertz CT molecular complexity index is 2110. The molecule has 0 saturated carbocycles. The maximum Gasteiger partial charge on any atom is 0.306 e. The van der Waals surface area contributed by atoms with Crippen molar-refractivity contribution in [3.63, 3.8) is 0 Å². The van der Waals surface area contributed by atoms with Crippen LogP contribution in [0.5, 0.6) is 0 Å². The summed E-state index contributed by atoms with van der Waals surface area (Å²) >= 11 is 0. The molecule has 0 radical (unpaired) electrons. The van der Waals surface area contributed by atoms with Gasteiger partial charge in [-0.05, 0) is 41.7 Å². The third kappa shape index (κ3) is 13.7. The minimum absolute atomic E-state index is 0.0328. The number of aliphatic hydroxyl groups excluding tert-OH is 1. The van der Waals surface area contributed by atoms with Crippen LogP contribution >= 0.6 is 0 Å². The minimum atomic E-state index is -1.61. The molecule has 2 aliphatic heterocycles. The minimum Gasteiger partial charge on any atom is -0.454 e. The van der Waals surface area contributed by atoms with Crippen LogP contribution in [0.3, 0.4) is 0 Å². The van der Waals surface area contributed by atoms with Crippen molar-refractivity contribution in [1.29, 1.82) is 0 Å². The Morgan fingerprint density at radius 2 is 0.922 bits per heavy atom. The monoisotopic (exact) mass is 874 g/mol. The number of esters is 1. The van der Waals surface area contributed by atoms with E-state index < -0.39 is 67.4 Å². The van der Waals surface area contributed by atoms with E-state index in [1.807, 2.05) is 152 Å². The smallest absolute Gasteiger partial charge is 0.306 e. The number of hydrogen-bond donors (Lipinski definition) is 1. The van der Waals surface area contributed by atoms with Crippen molar-refractivity contribution in [2.24, 2.45) is 0 Å². The molecule has 0 spiro atoms. The molecule has 0 aliphatic carbocycles. The Hall–Kier alpha value is -5.12. The van der Waals surface area contributed by atoms with E-state index in [0.29, 0.717) is 6.61 Å². The first-order chi connectivity index (χ1) is 31.3. The Balaban J connectivity index is 1.27. The zero-order valence-corrected chi connectivity index (χ0v) is 36.3. The largest absolute Gasteiger partial charge is 0.454 e. The highest BCUT2D eigenvalue weighted by Crippen LogP contribution is 2.36. The second-order valence-corrected chi connectivity index (χ2v) is 16.1. The van der Waals surface area contributed by atoms with Crippen molar-refractivity contribution >= 4 is 11.8 Å². The fraction of sp³-hybridized carbons (Fsp3) is 0.385. The molecule has 12 nitrogen and oxygen atoms in total. The molecule has 0 aromatic heterocycles. The predicted molar refractivity (Wildman–Crippen MR) is 236 cm³/mol. The summed E-state index contributed by atoms with van der Waals surface area (Å²) in [6, 6.07) is 48.8. The maximum absolute atomic E-state index is 13.3. The van der Waals surface area contributed by atoms with Crippen LogP contribution in [0.25, 0.3) is 0 Å². The summed E-state index contributed by atoms with van der Waals surface area (Å²) in [5, 5.41) is 11.5. The third-order valence-corrected chi connectivity index (χ3v) is 11.1. The quantitative estimate of drug-likeness (QED) is 0.0684. The Morgan fingerprint density at radius 3 is 1.39 bits per heavy atom. The molecular formula is C52H58O12. The van der Waals surface area contributed by atoms with E-state index in [9.17, 15) is 14.7 Å². The molecule has 2 fully saturated rings. The Labute approximate surface area is 375 Å². The van der Waals surface area contributed by atoms with E-state index in [2.05, 4.69) is 0 Å². The van der Waals surface area contributed by atoms with Crippen LogP contribution < -0.4 is 0 Å². The molecule has 7 rings (SSSR count). The molecule has 0 unspecified atom stereocenters. The van der Waals surface area contributed by atoms with Gasteiger partial charge in [0.15, 0.2) is 18.7 Å². The molecule has 5 aromatic rings. The molecule has 0 bridgehead atoms. The standard InChI is InChI=1S/C52H58O12/c1-36(53)28-29-44(54)63-49-48(45(37(2)61-51(49)55)57-31-39-20-10-4-11-21-39)64-52-50(60-34-42-26-16-7-17-27-42)47(59-33-41-24-14-6-15-25-41)46(58-32-40-22-12-5-13-23-40)43(62-52)35-56-30-38-18-8-3-9-19-38/h3-27,37,43,45-52,55H,28-35H2,1-2H3/t37-,43+,45-,46+,47-,48+,49+,50+,51-,52+/m0/s1. The highest BCUT2D eigenvalue weighted by atomic mass is 16.7. The summed E-state index contributed by atoms with van der Waals surface area (Å²) in [6.45, 7) is 4.30. The van der Waals surface area contributed by atoms with Gasteiger partial charge in [-0.3, -0.25) is 4.79 Å². The van der Waals surface area contributed by atoms with Crippen molar-refractivity contribution in [3.05, 3.63) is 179 Å². The summed E-state index contributed by atoms with van der Waals surface area (Å²) < 4.78 is 59.5. The van der Waals surface area contributed by atoms with Crippen LogP contribution in [0, 0.1) is 0 Å². The number of rotatable bonds is 22. The molecule has 0 amide bonds. The lowest BCUT2D eigenvalue weighted by Crippen LogP contribution is -2.66. The first kappa shape index (κ1) is 46.9. The maximum atomic E-state index is 13.3. The zero-order chi connectivity index (χ0) is 44.5. The fourth-order valence-corrected chi connectivity index (χ4v) is 7.77. The number of ketones is 1. The van der Waals surface area contributed by atoms with E-state index in [0.717, 1.165) is 27.8 Å². The van der Waals surface area contributed by atoms with Gasteiger partial charge in [-0.25, -0.2) is 0 Å². The number of ether oxygens (including phenoxy) is 9. The Morgan fingerprint density at radius 1 is 0.500 bits per heavy atom. The van der Waals surface area contributed by atoms with Gasteiger partial charge in [-0.15, -0.1) is 0 Å². The molecular weight excluding hydrogens is 817 g/mol. The lowest BCUT2D eigenvalue weighted by molar-refractivity contribution is -0.369. The molecule has 2 saturated heterocycles. The van der Waals surface area contributed by atoms with E-state index in [1.54, 1.807) is 6.92 Å². The lowest BCUT2D eigenvalue weighted by Gasteiger charge is -2.49. The molecule has 10 atom stereocenters. The van der Waals surface area contributed by atoms with Crippen LogP contribution in [0.1, 0.15) is 54.5 Å². The SMILES string of the molecule is CC(=O)CCC(=O)O[C@@H]1[C@H](O[C@H]2O[C@H](COCc3ccccc3)[C@@H](OCc3ccccc3)[C@H](OCc3ccccc3)[C@H]2OCc2ccccc2)[C@@H](OCc2ccccc2)[C@H](C)O[C@@H]1O. The predicted octanol–water partition coefficient (Wildman–Crippen LogP) is 7.67. The van der Waals surface area contributed by atoms with Gasteiger partial charge >= 0.3 is 5.97 Å². The van der Waals surface area contributed by atoms with E-state index in [1.165, 1.54) is 6.92 Å². The van der Waals surface area contributed by atoms with Gasteiger partial charge < -0.3 is 52.5 Å². The molecule has 64 heavy (non-hydrogen) atoms. The average Bonchev–Trinajstić information content (AvgIpc) is 3.32. The van der Waals surface area contributed by atoms with Gasteiger partial charge in [0.05, 0.1) is 52.2 Å². The van der Waals surface area contributed by atoms with Crippen LogP contribution in [-0.2, 0) is 85.3 Å². The number of benzene rings is 5. The number of carbonyl (C=O) groups is 2. The van der Waals surface area contributed by atoms with Crippen LogP contribution in [-0.4, -0.2) is 84.9 Å². The summed E-state index contributed by atoms with van der Waals surface area (Å²) in [5.74, 6) is -0.886. The van der Waals surface area contributed by atoms with Gasteiger partial charge in [-0.1, -0.05) is 152 Å². The Kier molecular flexibility index (Phi) is 17.8. The number of aliphatic hydroxyl groups is 1. The number of Topliss-reactive ketones (excluding diaryl/α,β-unsaturated/α-hetero) is 1. The molecule has 2 aliphatic rings. The van der Waals surface area contributed by atoms with Gasteiger partial charge in [0.1, 0.15) is 42.4 Å². The van der Waals surface area contributed by atoms with Crippen LogP contribution in [0.15, 0.2) is 152 Å². The van der Waals surface area contributed by atoms with E-state index >= 15 is 0 Å². The summed E-state index contributed by atoms with van der Waals surface area (Å²) in [4.78, 5) is 25.2. The highest BCUT2D eigenvalue weighted by molar-refractivity contribution is 5.81. The van der Waals surface area contributed by atoms with Crippen molar-refractivity contribution < 1.29 is 57.3 Å². The number of carbonyl (C=O) groups excluding carboxylic acids is 2. The van der Waals surface area contributed by atoms with Gasteiger partial charge in [0, 0.05) is 6.42 Å². The highest BCUT2D eigenvalue weighted by Gasteiger charge is 2.54. The summed E-state index contributed by atoms with van der Waals surface area (Å²) in [6.07, 6.45) is -10.6. The third-order valence-electron chi connectivity index (χ3n) is 11.1. The topological polar surface area (TPSA) is 137 Å². The molecule has 2 heterocycles. The van der Waals surface area contributed by atoms with Crippen molar-refractivity contribution in [1.82, 2.24) is 0 Å². The van der Waals surface area contributed by atoms with Crippen molar-refractivity contribution in [2.45, 2.75) is 121 Å². The van der Waals surface area contributed by atoms with E-state index in [4.69, 9.17) is 42.6 Å². The van der Waals surface area contributed by atoms with Crippen molar-refractivity contribution in [2.75, 3.05) is 6.61 Å². The number of hydrogen-bond acceptors (Lipinski definition) is 12. The normalized spacial score (nSPS) is 25.7. The fourth-order valence-electron chi connectivity index (χ4n) is 7.77. The van der Waals surface area contributed by atoms with Crippen LogP contribution in [0.2, 0.25) is 0 Å². The van der Waals surface area contributed by atoms with Crippen molar-refractivity contribution in [3.8, 4) is 0 Å². The summed E-state index contributed by atoms with van der Waals surface area (Å²) in [5.41, 5.74) is 4.64. The first-order valence-electron chi connectivity index (χ1n) is 21.9. The van der Waals surface area contributed by atoms with Gasteiger partial charge in [0.2, 0.25) is 0 Å². The summed E-state index contributed by atoms with van der Waals surface area (Å²) in [7, 11) is 0. The second kappa shape index (κ2) is 24.2. The van der Waals surface area contributed by atoms with Gasteiger partial charge in [-0.2, -0.15) is 0 Å². The first-order valence-corrected chi connectivity index (χ1v) is 21.9. The molecule has 1 N–H and O–H groups in total. The van der Waals surface area contributed by atoms with Crippen LogP contribution in [0.4, 0.5) is 0 Å². The zero-order valence-electron chi connectivity index (χ0n) is 36.3. The molecule has 5 aromatic carbocycles. The van der Waals surface area contributed by atoms with Gasteiger partial charge in [0.25, 0.3) is 0 Å². The average molecular weight is 875 g/mol. The van der Waals surface area contributed by atoms with E-state index in [-0.39, 0.29) is 51.7 Å². The molecule has 12 heteroatoms. The lowest BCUT2D eigenvalue weighted by atomic mass is 9.96. The second-order valence-electron chi connectivity index (χ2n) is 16.1. The molecule has 338 valence electrons.